The van der Waals surface area contributed by atoms with Gasteiger partial charge in [0.1, 0.15) is 0 Å². The molecule has 1 aromatic carbocycles. The van der Waals surface area contributed by atoms with Gasteiger partial charge in [0.15, 0.2) is 5.56 Å². The summed E-state index contributed by atoms with van der Waals surface area (Å²) in [5, 5.41) is 12.6. The molecule has 7 nitrogen and oxygen atoms in total. The summed E-state index contributed by atoms with van der Waals surface area (Å²) in [6.45, 7) is 2.11. The molecule has 0 aliphatic rings. The Balaban J connectivity index is 2.58. The van der Waals surface area contributed by atoms with E-state index in [9.17, 15) is 32.7 Å². The number of unbranched alkanes of at least 4 members (excludes halogenated alkanes) is 1. The second-order valence-electron chi connectivity index (χ2n) is 5.45. The number of H-pyrrole nitrogens is 1. The molecule has 1 aromatic heterocycles. The lowest BCUT2D eigenvalue weighted by atomic mass is 10.2. The lowest BCUT2D eigenvalue weighted by Gasteiger charge is -2.13. The number of aromatic hydroxyl groups is 1. The predicted molar refractivity (Wildman–Crippen MR) is 86.6 cm³/mol. The maximum atomic E-state index is 12.9. The lowest BCUT2D eigenvalue weighted by Crippen LogP contribution is -2.37. The summed E-state index contributed by atoms with van der Waals surface area (Å²) in [7, 11) is 0. The van der Waals surface area contributed by atoms with E-state index in [1.165, 1.54) is 0 Å². The fraction of sp³-hybridized carbons (Fsp3) is 0.312. The van der Waals surface area contributed by atoms with Gasteiger partial charge in [-0.25, -0.2) is 9.36 Å². The fourth-order valence-corrected chi connectivity index (χ4v) is 2.26. The zero-order valence-corrected chi connectivity index (χ0v) is 13.7. The van der Waals surface area contributed by atoms with E-state index in [-0.39, 0.29) is 12.2 Å². The van der Waals surface area contributed by atoms with Crippen LogP contribution in [0.15, 0.2) is 33.9 Å². The van der Waals surface area contributed by atoms with Gasteiger partial charge in [-0.05, 0) is 24.6 Å². The first-order chi connectivity index (χ1) is 12.2. The molecule has 0 unspecified atom stereocenters. The van der Waals surface area contributed by atoms with Crippen molar-refractivity contribution >= 4 is 5.91 Å². The van der Waals surface area contributed by atoms with Crippen molar-refractivity contribution in [2.75, 3.05) is 6.54 Å². The molecule has 0 spiro atoms. The molecule has 2 rings (SSSR count). The van der Waals surface area contributed by atoms with Crippen LogP contribution in [-0.2, 0) is 6.18 Å². The van der Waals surface area contributed by atoms with E-state index < -0.39 is 40.3 Å². The van der Waals surface area contributed by atoms with Crippen molar-refractivity contribution in [3.63, 3.8) is 0 Å². The van der Waals surface area contributed by atoms with Gasteiger partial charge in [-0.1, -0.05) is 19.4 Å². The number of carbonyl (C=O) groups is 1. The van der Waals surface area contributed by atoms with Gasteiger partial charge in [0.2, 0.25) is 5.88 Å². The van der Waals surface area contributed by atoms with Gasteiger partial charge in [-0.2, -0.15) is 13.2 Å². The van der Waals surface area contributed by atoms with Crippen molar-refractivity contribution in [2.45, 2.75) is 25.9 Å². The third-order valence-corrected chi connectivity index (χ3v) is 3.56. The predicted octanol–water partition coefficient (Wildman–Crippen LogP) is 1.78. The number of aromatic amines is 1. The Kier molecular flexibility index (Phi) is 5.53. The number of hydrogen-bond donors (Lipinski definition) is 3. The molecular weight excluding hydrogens is 355 g/mol. The first kappa shape index (κ1) is 19.3. The van der Waals surface area contributed by atoms with Crippen LogP contribution in [0.2, 0.25) is 0 Å². The van der Waals surface area contributed by atoms with E-state index in [0.29, 0.717) is 17.1 Å². The second kappa shape index (κ2) is 7.46. The Bertz CT molecular complexity index is 932. The molecule has 0 atom stereocenters. The first-order valence-corrected chi connectivity index (χ1v) is 7.71. The fourth-order valence-electron chi connectivity index (χ4n) is 2.26. The van der Waals surface area contributed by atoms with Crippen LogP contribution in [0.3, 0.4) is 0 Å². The van der Waals surface area contributed by atoms with Crippen LogP contribution >= 0.6 is 0 Å². The van der Waals surface area contributed by atoms with Crippen molar-refractivity contribution in [2.24, 2.45) is 0 Å². The SMILES string of the molecule is CCCCNC(=O)c1c(O)n(-c2cccc(C(F)(F)F)c2)c(=O)[nH]c1=O. The molecule has 140 valence electrons. The molecule has 0 fully saturated rings. The number of nitrogens with zero attached hydrogens (tertiary/aromatic N) is 1. The summed E-state index contributed by atoms with van der Waals surface area (Å²) in [6, 6.07) is 3.58. The minimum Gasteiger partial charge on any atom is -0.493 e. The maximum Gasteiger partial charge on any atom is 0.416 e. The smallest absolute Gasteiger partial charge is 0.416 e. The zero-order chi connectivity index (χ0) is 19.5. The molecule has 0 bridgehead atoms. The highest BCUT2D eigenvalue weighted by molar-refractivity contribution is 5.96. The third-order valence-electron chi connectivity index (χ3n) is 3.56. The number of aromatic nitrogens is 2. The molecule has 1 heterocycles. The summed E-state index contributed by atoms with van der Waals surface area (Å²) < 4.78 is 39.0. The van der Waals surface area contributed by atoms with E-state index in [1.807, 2.05) is 11.9 Å². The molecule has 26 heavy (non-hydrogen) atoms. The zero-order valence-electron chi connectivity index (χ0n) is 13.7. The maximum absolute atomic E-state index is 12.9. The minimum atomic E-state index is -4.67. The van der Waals surface area contributed by atoms with Crippen LogP contribution in [0, 0.1) is 0 Å². The van der Waals surface area contributed by atoms with Crippen molar-refractivity contribution < 1.29 is 23.1 Å². The summed E-state index contributed by atoms with van der Waals surface area (Å²) in [5.74, 6) is -1.97. The van der Waals surface area contributed by atoms with Crippen LogP contribution < -0.4 is 16.6 Å². The summed E-state index contributed by atoms with van der Waals surface area (Å²) in [5.41, 5.74) is -4.46. The standard InChI is InChI=1S/C16H16F3N3O4/c1-2-3-7-20-12(23)11-13(24)21-15(26)22(14(11)25)10-6-4-5-9(8-10)16(17,18)19/h4-6,8,25H,2-3,7H2,1H3,(H,20,23)(H,21,24,26). The molecule has 3 N–H and O–H groups in total. The van der Waals surface area contributed by atoms with Crippen LogP contribution in [0.5, 0.6) is 5.88 Å². The van der Waals surface area contributed by atoms with Crippen LogP contribution in [0.1, 0.15) is 35.7 Å². The van der Waals surface area contributed by atoms with Gasteiger partial charge >= 0.3 is 11.9 Å². The van der Waals surface area contributed by atoms with E-state index >= 15 is 0 Å². The number of carbonyl (C=O) groups excluding carboxylic acids is 1. The number of alkyl halides is 3. The van der Waals surface area contributed by atoms with Gasteiger partial charge in [0, 0.05) is 6.54 Å². The van der Waals surface area contributed by atoms with E-state index in [0.717, 1.165) is 24.6 Å². The highest BCUT2D eigenvalue weighted by Crippen LogP contribution is 2.30. The average Bonchev–Trinajstić information content (AvgIpc) is 2.54. The highest BCUT2D eigenvalue weighted by atomic mass is 19.4. The number of benzene rings is 1. The number of amides is 1. The number of hydrogen-bond acceptors (Lipinski definition) is 4. The Labute approximate surface area is 145 Å². The van der Waals surface area contributed by atoms with E-state index in [4.69, 9.17) is 0 Å². The molecule has 0 saturated carbocycles. The second-order valence-corrected chi connectivity index (χ2v) is 5.45. The van der Waals surface area contributed by atoms with Gasteiger partial charge in [-0.3, -0.25) is 14.6 Å². The molecule has 0 saturated heterocycles. The average molecular weight is 371 g/mol. The normalized spacial score (nSPS) is 11.4. The van der Waals surface area contributed by atoms with Crippen molar-refractivity contribution in [3.05, 3.63) is 56.2 Å². The summed E-state index contributed by atoms with van der Waals surface area (Å²) in [4.78, 5) is 37.8. The third kappa shape index (κ3) is 3.95. The van der Waals surface area contributed by atoms with Gasteiger partial charge in [-0.15, -0.1) is 0 Å². The molecule has 10 heteroatoms. The Morgan fingerprint density at radius 2 is 2.00 bits per heavy atom. The monoisotopic (exact) mass is 371 g/mol. The van der Waals surface area contributed by atoms with E-state index in [1.54, 1.807) is 0 Å². The van der Waals surface area contributed by atoms with Crippen LogP contribution in [0.25, 0.3) is 5.69 Å². The summed E-state index contributed by atoms with van der Waals surface area (Å²) in [6.07, 6.45) is -3.28. The van der Waals surface area contributed by atoms with Gasteiger partial charge in [0.25, 0.3) is 11.5 Å². The topological polar surface area (TPSA) is 104 Å². The number of rotatable bonds is 5. The Hall–Kier alpha value is -3.04. The largest absolute Gasteiger partial charge is 0.493 e. The minimum absolute atomic E-state index is 0.233. The molecule has 1 amide bonds. The molecule has 0 radical (unpaired) electrons. The van der Waals surface area contributed by atoms with Crippen LogP contribution in [0.4, 0.5) is 13.2 Å². The quantitative estimate of drug-likeness (QED) is 0.697. The van der Waals surface area contributed by atoms with Crippen molar-refractivity contribution in [3.8, 4) is 11.6 Å². The summed E-state index contributed by atoms with van der Waals surface area (Å²) >= 11 is 0. The Morgan fingerprint density at radius 1 is 1.31 bits per heavy atom. The molecule has 0 aliphatic carbocycles. The van der Waals surface area contributed by atoms with Crippen molar-refractivity contribution in [1.82, 2.24) is 14.9 Å². The molecule has 2 aromatic rings. The van der Waals surface area contributed by atoms with Crippen LogP contribution in [-0.4, -0.2) is 27.1 Å². The van der Waals surface area contributed by atoms with E-state index in [2.05, 4.69) is 5.32 Å². The highest BCUT2D eigenvalue weighted by Gasteiger charge is 2.31. The lowest BCUT2D eigenvalue weighted by molar-refractivity contribution is -0.137. The van der Waals surface area contributed by atoms with Gasteiger partial charge < -0.3 is 10.4 Å². The Morgan fingerprint density at radius 3 is 2.62 bits per heavy atom. The molecule has 0 aliphatic heterocycles. The number of nitrogens with one attached hydrogen (secondary N) is 2. The first-order valence-electron chi connectivity index (χ1n) is 7.71. The number of halogens is 3. The van der Waals surface area contributed by atoms with Gasteiger partial charge in [0.05, 0.1) is 11.3 Å². The molecular formula is C16H16F3N3O4. The van der Waals surface area contributed by atoms with Crippen molar-refractivity contribution in [1.29, 1.82) is 0 Å².